The zero-order valence-electron chi connectivity index (χ0n) is 15.0. The fourth-order valence-corrected chi connectivity index (χ4v) is 5.81. The summed E-state index contributed by atoms with van der Waals surface area (Å²) in [6.45, 7) is 0.431. The molecule has 0 spiro atoms. The van der Waals surface area contributed by atoms with E-state index in [9.17, 15) is 26.0 Å². The summed E-state index contributed by atoms with van der Waals surface area (Å²) >= 11 is 3.33. The molecule has 0 aliphatic carbocycles. The van der Waals surface area contributed by atoms with E-state index in [-0.39, 0.29) is 19.0 Å². The number of benzene rings is 2. The number of sulfonamides is 1. The second-order valence-electron chi connectivity index (χ2n) is 7.16. The smallest absolute Gasteiger partial charge is 0.365 e. The van der Waals surface area contributed by atoms with E-state index in [2.05, 4.69) is 15.9 Å². The number of nitrogens with zero attached hydrogens (tertiary/aromatic N) is 2. The van der Waals surface area contributed by atoms with Gasteiger partial charge in [0.15, 0.2) is 0 Å². The number of hydrogen-bond acceptors (Lipinski definition) is 3. The second-order valence-corrected chi connectivity index (χ2v) is 9.94. The van der Waals surface area contributed by atoms with Gasteiger partial charge in [0.1, 0.15) is 6.17 Å². The van der Waals surface area contributed by atoms with Crippen LogP contribution in [0, 0.1) is 0 Å². The van der Waals surface area contributed by atoms with Crippen molar-refractivity contribution in [2.24, 2.45) is 0 Å². The average Bonchev–Trinajstić information content (AvgIpc) is 2.66. The molecule has 0 N–H and O–H groups in total. The molecule has 2 aromatic carbocycles. The maximum atomic E-state index is 14.0. The fourth-order valence-electron chi connectivity index (χ4n) is 3.91. The Labute approximate surface area is 174 Å². The fraction of sp³-hybridized carbons (Fsp3) is 0.368. The maximum Gasteiger partial charge on any atom is 0.416 e. The molecule has 10 heteroatoms. The van der Waals surface area contributed by atoms with Crippen LogP contribution in [-0.2, 0) is 16.2 Å². The molecule has 0 radical (unpaired) electrons. The quantitative estimate of drug-likeness (QED) is 0.554. The summed E-state index contributed by atoms with van der Waals surface area (Å²) in [5.41, 5.74) is -0.0367. The van der Waals surface area contributed by atoms with Crippen molar-refractivity contribution in [1.82, 2.24) is 0 Å². The van der Waals surface area contributed by atoms with Gasteiger partial charge >= 0.3 is 6.18 Å². The predicted octanol–water partition coefficient (Wildman–Crippen LogP) is 4.98. The molecule has 4 nitrogen and oxygen atoms in total. The molecule has 2 atom stereocenters. The van der Waals surface area contributed by atoms with Crippen LogP contribution in [-0.4, -0.2) is 33.7 Å². The van der Waals surface area contributed by atoms with Crippen LogP contribution in [0.2, 0.25) is 0 Å². The Morgan fingerprint density at radius 1 is 1.07 bits per heavy atom. The Kier molecular flexibility index (Phi) is 5.05. The molecule has 4 rings (SSSR count). The van der Waals surface area contributed by atoms with E-state index in [0.29, 0.717) is 34.9 Å². The summed E-state index contributed by atoms with van der Waals surface area (Å²) in [5.74, 6) is 0. The molecule has 1 fully saturated rings. The van der Waals surface area contributed by atoms with Gasteiger partial charge in [-0.3, -0.25) is 4.31 Å². The Morgan fingerprint density at radius 2 is 1.83 bits per heavy atom. The number of anilines is 2. The molecule has 1 saturated heterocycles. The summed E-state index contributed by atoms with van der Waals surface area (Å²) in [6, 6.07) is 8.44. The molecule has 0 aromatic heterocycles. The van der Waals surface area contributed by atoms with Crippen molar-refractivity contribution in [2.75, 3.05) is 22.3 Å². The third-order valence-corrected chi connectivity index (χ3v) is 7.56. The van der Waals surface area contributed by atoms with Gasteiger partial charge in [0, 0.05) is 17.4 Å². The number of hydrogen-bond donors (Lipinski definition) is 0. The number of alkyl halides is 4. The normalized spacial score (nSPS) is 22.2. The third-order valence-electron chi connectivity index (χ3n) is 5.29. The van der Waals surface area contributed by atoms with Gasteiger partial charge in [0.25, 0.3) is 10.0 Å². The minimum atomic E-state index is -4.66. The highest BCUT2D eigenvalue weighted by atomic mass is 79.9. The summed E-state index contributed by atoms with van der Waals surface area (Å²) in [4.78, 5) is 1.54. The molecule has 1 unspecified atom stereocenters. The van der Waals surface area contributed by atoms with Crippen LogP contribution in [0.1, 0.15) is 18.4 Å². The van der Waals surface area contributed by atoms with Crippen LogP contribution in [0.15, 0.2) is 51.8 Å². The molecule has 2 aromatic rings. The summed E-state index contributed by atoms with van der Waals surface area (Å²) in [6.07, 6.45) is -5.17. The lowest BCUT2D eigenvalue weighted by molar-refractivity contribution is -0.137. The maximum absolute atomic E-state index is 14.0. The first kappa shape index (κ1) is 20.5. The monoisotopic (exact) mass is 492 g/mol. The minimum Gasteiger partial charge on any atom is -0.365 e. The molecule has 156 valence electrons. The van der Waals surface area contributed by atoms with Crippen molar-refractivity contribution in [2.45, 2.75) is 36.1 Å². The summed E-state index contributed by atoms with van der Waals surface area (Å²) in [7, 11) is -4.28. The number of halogens is 5. The lowest BCUT2D eigenvalue weighted by atomic mass is 9.97. The number of piperidine rings is 1. The lowest BCUT2D eigenvalue weighted by Crippen LogP contribution is -2.54. The van der Waals surface area contributed by atoms with Gasteiger partial charge in [-0.25, -0.2) is 12.8 Å². The molecule has 2 aliphatic heterocycles. The van der Waals surface area contributed by atoms with E-state index in [1.807, 2.05) is 4.90 Å². The highest BCUT2D eigenvalue weighted by Crippen LogP contribution is 2.43. The molecule has 0 amide bonds. The number of rotatable bonds is 2. The van der Waals surface area contributed by atoms with Gasteiger partial charge in [-0.1, -0.05) is 22.0 Å². The van der Waals surface area contributed by atoms with Crippen LogP contribution in [0.5, 0.6) is 0 Å². The van der Waals surface area contributed by atoms with E-state index in [1.165, 1.54) is 0 Å². The Morgan fingerprint density at radius 3 is 2.55 bits per heavy atom. The van der Waals surface area contributed by atoms with E-state index in [1.54, 1.807) is 18.2 Å². The van der Waals surface area contributed by atoms with Gasteiger partial charge in [-0.05, 0) is 42.8 Å². The Balaban J connectivity index is 1.82. The van der Waals surface area contributed by atoms with E-state index in [0.717, 1.165) is 22.5 Å². The van der Waals surface area contributed by atoms with Gasteiger partial charge < -0.3 is 4.90 Å². The average molecular weight is 493 g/mol. The molecule has 0 saturated carbocycles. The van der Waals surface area contributed by atoms with E-state index in [4.69, 9.17) is 0 Å². The van der Waals surface area contributed by atoms with Gasteiger partial charge in [0.05, 0.1) is 34.4 Å². The first-order chi connectivity index (χ1) is 13.6. The Bertz CT molecular complexity index is 1040. The zero-order valence-corrected chi connectivity index (χ0v) is 17.4. The molecule has 2 aliphatic rings. The molecular formula is C19H17BrF4N2O2S. The van der Waals surface area contributed by atoms with E-state index < -0.39 is 32.8 Å². The van der Waals surface area contributed by atoms with Crippen LogP contribution in [0.25, 0.3) is 0 Å². The van der Waals surface area contributed by atoms with Crippen LogP contribution in [0.4, 0.5) is 28.9 Å². The topological polar surface area (TPSA) is 40.6 Å². The van der Waals surface area contributed by atoms with Crippen molar-refractivity contribution >= 4 is 37.3 Å². The predicted molar refractivity (Wildman–Crippen MR) is 105 cm³/mol. The highest BCUT2D eigenvalue weighted by Gasteiger charge is 2.41. The van der Waals surface area contributed by atoms with Crippen molar-refractivity contribution in [3.63, 3.8) is 0 Å². The van der Waals surface area contributed by atoms with Crippen molar-refractivity contribution in [3.8, 4) is 0 Å². The molecule has 29 heavy (non-hydrogen) atoms. The molecule has 0 bridgehead atoms. The number of fused-ring (bicyclic) bond motifs is 3. The standard InChI is InChI=1S/C19H17BrF4N2O2S/c20-13-4-5-17-18(9-13)26(11-15-10-14(21)6-7-25(15)17)29(27,28)16-3-1-2-12(8-16)19(22,23)24/h1-5,8-9,14-15H,6-7,10-11H2/t14?,15-/m0/s1. The first-order valence-electron chi connectivity index (χ1n) is 8.97. The van der Waals surface area contributed by atoms with Crippen LogP contribution >= 0.6 is 15.9 Å². The third kappa shape index (κ3) is 3.72. The minimum absolute atomic E-state index is 0.0253. The van der Waals surface area contributed by atoms with E-state index >= 15 is 0 Å². The van der Waals surface area contributed by atoms with Crippen LogP contribution in [0.3, 0.4) is 0 Å². The van der Waals surface area contributed by atoms with Gasteiger partial charge in [-0.2, -0.15) is 13.2 Å². The largest absolute Gasteiger partial charge is 0.416 e. The van der Waals surface area contributed by atoms with Crippen molar-refractivity contribution in [1.29, 1.82) is 0 Å². The molecular weight excluding hydrogens is 476 g/mol. The molecule has 2 heterocycles. The Hall–Kier alpha value is -1.81. The zero-order chi connectivity index (χ0) is 21.0. The summed E-state index contributed by atoms with van der Waals surface area (Å²) < 4.78 is 81.7. The SMILES string of the molecule is O=S(=O)(c1cccc(C(F)(F)F)c1)N1C[C@@H]2CC(F)CCN2c2ccc(Br)cc21. The van der Waals surface area contributed by atoms with Crippen LogP contribution < -0.4 is 9.21 Å². The van der Waals surface area contributed by atoms with Crippen molar-refractivity contribution < 1.29 is 26.0 Å². The van der Waals surface area contributed by atoms with Gasteiger partial charge in [0.2, 0.25) is 0 Å². The lowest BCUT2D eigenvalue weighted by Gasteiger charge is -2.47. The second kappa shape index (κ2) is 7.16. The van der Waals surface area contributed by atoms with Crippen molar-refractivity contribution in [3.05, 3.63) is 52.5 Å². The van der Waals surface area contributed by atoms with Gasteiger partial charge in [-0.15, -0.1) is 0 Å². The highest BCUT2D eigenvalue weighted by molar-refractivity contribution is 9.10. The first-order valence-corrected chi connectivity index (χ1v) is 11.2. The summed E-state index contributed by atoms with van der Waals surface area (Å²) in [5, 5.41) is 0.